The van der Waals surface area contributed by atoms with Gasteiger partial charge in [-0.15, -0.1) is 0 Å². The molecule has 2 aromatic carbocycles. The van der Waals surface area contributed by atoms with Crippen molar-refractivity contribution in [1.29, 1.82) is 0 Å². The van der Waals surface area contributed by atoms with Gasteiger partial charge >= 0.3 is 0 Å². The summed E-state index contributed by atoms with van der Waals surface area (Å²) in [5.41, 5.74) is 1.92. The average molecular weight is 292 g/mol. The number of para-hydroxylation sites is 2. The number of aryl methyl sites for hydroxylation is 1. The van der Waals surface area contributed by atoms with Crippen LogP contribution in [-0.2, 0) is 7.05 Å². The summed E-state index contributed by atoms with van der Waals surface area (Å²) in [5, 5.41) is 11.1. The van der Waals surface area contributed by atoms with Gasteiger partial charge in [-0.1, -0.05) is 30.3 Å². The molecule has 0 amide bonds. The molecule has 0 radical (unpaired) electrons. The maximum atomic E-state index is 12.6. The van der Waals surface area contributed by atoms with Gasteiger partial charge in [0.25, 0.3) is 5.56 Å². The van der Waals surface area contributed by atoms with Gasteiger partial charge in [0, 0.05) is 12.4 Å². The third-order valence-electron chi connectivity index (χ3n) is 3.69. The Bertz CT molecular complexity index is 925. The van der Waals surface area contributed by atoms with E-state index in [2.05, 4.69) is 4.99 Å². The highest BCUT2D eigenvalue weighted by atomic mass is 16.3. The second-order valence-electron chi connectivity index (χ2n) is 5.14. The number of nitrogens with zero attached hydrogens (tertiary/aromatic N) is 2. The summed E-state index contributed by atoms with van der Waals surface area (Å²) in [6.07, 6.45) is 0. The van der Waals surface area contributed by atoms with Crippen LogP contribution in [0.1, 0.15) is 12.5 Å². The molecule has 1 N–H and O–H groups in total. The van der Waals surface area contributed by atoms with Crippen LogP contribution >= 0.6 is 0 Å². The van der Waals surface area contributed by atoms with Crippen LogP contribution in [0.3, 0.4) is 0 Å². The van der Waals surface area contributed by atoms with Gasteiger partial charge in [-0.2, -0.15) is 0 Å². The molecule has 4 nitrogen and oxygen atoms in total. The van der Waals surface area contributed by atoms with Gasteiger partial charge in [-0.05, 0) is 31.2 Å². The zero-order chi connectivity index (χ0) is 15.7. The smallest absolute Gasteiger partial charge is 0.263 e. The average Bonchev–Trinajstić information content (AvgIpc) is 2.54. The molecule has 0 aliphatic carbocycles. The number of hydrogen-bond donors (Lipinski definition) is 1. The fourth-order valence-corrected chi connectivity index (χ4v) is 2.56. The largest absolute Gasteiger partial charge is 0.506 e. The minimum Gasteiger partial charge on any atom is -0.506 e. The molecule has 0 aliphatic heterocycles. The van der Waals surface area contributed by atoms with E-state index in [4.69, 9.17) is 0 Å². The molecule has 3 aromatic rings. The Hall–Kier alpha value is -2.88. The lowest BCUT2D eigenvalue weighted by Crippen LogP contribution is -2.24. The molecule has 110 valence electrons. The summed E-state index contributed by atoms with van der Waals surface area (Å²) in [5.74, 6) is -0.0177. The highest BCUT2D eigenvalue weighted by molar-refractivity contribution is 6.06. The Balaban J connectivity index is 2.28. The summed E-state index contributed by atoms with van der Waals surface area (Å²) in [6, 6.07) is 16.6. The van der Waals surface area contributed by atoms with Crippen LogP contribution in [0.25, 0.3) is 10.9 Å². The van der Waals surface area contributed by atoms with E-state index in [9.17, 15) is 9.90 Å². The molecule has 0 aliphatic rings. The van der Waals surface area contributed by atoms with Crippen molar-refractivity contribution in [2.24, 2.45) is 12.0 Å². The minimum atomic E-state index is -0.256. The summed E-state index contributed by atoms with van der Waals surface area (Å²) >= 11 is 0. The fourth-order valence-electron chi connectivity index (χ4n) is 2.56. The molecular formula is C18H16N2O2. The molecule has 3 rings (SSSR count). The maximum absolute atomic E-state index is 12.6. The molecule has 0 atom stereocenters. The van der Waals surface area contributed by atoms with Gasteiger partial charge in [0.2, 0.25) is 0 Å². The van der Waals surface area contributed by atoms with Crippen LogP contribution in [0.15, 0.2) is 64.4 Å². The monoisotopic (exact) mass is 292 g/mol. The van der Waals surface area contributed by atoms with Crippen molar-refractivity contribution in [3.63, 3.8) is 0 Å². The van der Waals surface area contributed by atoms with Crippen LogP contribution < -0.4 is 5.56 Å². The Kier molecular flexibility index (Phi) is 3.51. The topological polar surface area (TPSA) is 54.6 Å². The number of aliphatic imine (C=N–C) groups is 1. The lowest BCUT2D eigenvalue weighted by molar-refractivity contribution is 0.478. The number of hydrogen-bond acceptors (Lipinski definition) is 3. The van der Waals surface area contributed by atoms with E-state index in [1.165, 1.54) is 4.57 Å². The van der Waals surface area contributed by atoms with E-state index in [-0.39, 0.29) is 16.9 Å². The standard InChI is InChI=1S/C18H16N2O2/c1-12(19-13-8-4-3-5-9-13)16-17(21)14-10-6-7-11-15(14)20(2)18(16)22/h3-11,21H,1-2H3. The second kappa shape index (κ2) is 5.48. The quantitative estimate of drug-likeness (QED) is 0.736. The number of aromatic nitrogens is 1. The first kappa shape index (κ1) is 14.1. The van der Waals surface area contributed by atoms with Crippen LogP contribution in [0.4, 0.5) is 5.69 Å². The molecule has 1 aromatic heterocycles. The maximum Gasteiger partial charge on any atom is 0.263 e. The number of benzene rings is 2. The van der Waals surface area contributed by atoms with Crippen LogP contribution in [0, 0.1) is 0 Å². The molecule has 0 saturated heterocycles. The van der Waals surface area contributed by atoms with Crippen molar-refractivity contribution in [3.05, 3.63) is 70.5 Å². The van der Waals surface area contributed by atoms with Crippen molar-refractivity contribution >= 4 is 22.3 Å². The van der Waals surface area contributed by atoms with E-state index in [0.717, 1.165) is 5.69 Å². The normalized spacial score (nSPS) is 11.8. The third-order valence-corrected chi connectivity index (χ3v) is 3.69. The van der Waals surface area contributed by atoms with Crippen LogP contribution in [-0.4, -0.2) is 15.4 Å². The molecule has 0 fully saturated rings. The third kappa shape index (κ3) is 2.29. The van der Waals surface area contributed by atoms with Crippen molar-refractivity contribution in [2.75, 3.05) is 0 Å². The van der Waals surface area contributed by atoms with E-state index >= 15 is 0 Å². The summed E-state index contributed by atoms with van der Waals surface area (Å²) in [4.78, 5) is 17.0. The predicted octanol–water partition coefficient (Wildman–Crippen LogP) is 3.38. The van der Waals surface area contributed by atoms with E-state index in [1.54, 1.807) is 20.0 Å². The lowest BCUT2D eigenvalue weighted by atomic mass is 10.1. The van der Waals surface area contributed by atoms with Gasteiger partial charge in [0.15, 0.2) is 0 Å². The second-order valence-corrected chi connectivity index (χ2v) is 5.14. The Morgan fingerprint density at radius 3 is 2.41 bits per heavy atom. The Morgan fingerprint density at radius 1 is 1.05 bits per heavy atom. The molecule has 0 bridgehead atoms. The first-order valence-corrected chi connectivity index (χ1v) is 7.01. The zero-order valence-electron chi connectivity index (χ0n) is 12.4. The highest BCUT2D eigenvalue weighted by Gasteiger charge is 2.16. The first-order valence-electron chi connectivity index (χ1n) is 7.01. The SMILES string of the molecule is CC(=Nc1ccccc1)c1c(O)c2ccccc2n(C)c1=O. The summed E-state index contributed by atoms with van der Waals surface area (Å²) < 4.78 is 1.54. The molecule has 0 unspecified atom stereocenters. The first-order chi connectivity index (χ1) is 10.6. The Labute approximate surface area is 128 Å². The van der Waals surface area contributed by atoms with Crippen molar-refractivity contribution < 1.29 is 5.11 Å². The summed E-state index contributed by atoms with van der Waals surface area (Å²) in [6.45, 7) is 1.73. The predicted molar refractivity (Wildman–Crippen MR) is 89.2 cm³/mol. The van der Waals surface area contributed by atoms with E-state index in [0.29, 0.717) is 16.6 Å². The van der Waals surface area contributed by atoms with Crippen molar-refractivity contribution in [3.8, 4) is 5.75 Å². The number of fused-ring (bicyclic) bond motifs is 1. The molecule has 1 heterocycles. The van der Waals surface area contributed by atoms with E-state index < -0.39 is 0 Å². The van der Waals surface area contributed by atoms with Crippen LogP contribution in [0.2, 0.25) is 0 Å². The highest BCUT2D eigenvalue weighted by Crippen LogP contribution is 2.26. The van der Waals surface area contributed by atoms with Gasteiger partial charge in [0.1, 0.15) is 11.3 Å². The minimum absolute atomic E-state index is 0.0177. The number of rotatable bonds is 2. The molecule has 4 heteroatoms. The lowest BCUT2D eigenvalue weighted by Gasteiger charge is -2.11. The molecule has 0 spiro atoms. The number of pyridine rings is 1. The van der Waals surface area contributed by atoms with Gasteiger partial charge in [-0.25, -0.2) is 0 Å². The van der Waals surface area contributed by atoms with Gasteiger partial charge in [0.05, 0.1) is 16.9 Å². The fraction of sp³-hybridized carbons (Fsp3) is 0.111. The van der Waals surface area contributed by atoms with E-state index in [1.807, 2.05) is 48.5 Å². The van der Waals surface area contributed by atoms with Crippen molar-refractivity contribution in [2.45, 2.75) is 6.92 Å². The molecular weight excluding hydrogens is 276 g/mol. The summed E-state index contributed by atoms with van der Waals surface area (Å²) in [7, 11) is 1.70. The van der Waals surface area contributed by atoms with Gasteiger partial charge in [-0.3, -0.25) is 9.79 Å². The van der Waals surface area contributed by atoms with Crippen LogP contribution in [0.5, 0.6) is 5.75 Å². The van der Waals surface area contributed by atoms with Gasteiger partial charge < -0.3 is 9.67 Å². The molecule has 22 heavy (non-hydrogen) atoms. The number of aromatic hydroxyl groups is 1. The van der Waals surface area contributed by atoms with Crippen molar-refractivity contribution in [1.82, 2.24) is 4.57 Å². The Morgan fingerprint density at radius 2 is 1.68 bits per heavy atom. The molecule has 0 saturated carbocycles. The zero-order valence-corrected chi connectivity index (χ0v) is 12.4.